The van der Waals surface area contributed by atoms with Gasteiger partial charge in [-0.25, -0.2) is 0 Å². The van der Waals surface area contributed by atoms with Crippen molar-refractivity contribution in [2.75, 3.05) is 13.7 Å². The lowest BCUT2D eigenvalue weighted by Crippen LogP contribution is -2.40. The molecule has 0 bridgehead atoms. The number of nitrogens with two attached hydrogens (primary N) is 1. The zero-order chi connectivity index (χ0) is 12.8. The highest BCUT2D eigenvalue weighted by Gasteiger charge is 2.13. The lowest BCUT2D eigenvalue weighted by atomic mass is 10.1. The van der Waals surface area contributed by atoms with Crippen molar-refractivity contribution >= 4 is 17.5 Å². The summed E-state index contributed by atoms with van der Waals surface area (Å²) >= 11 is 6.04. The van der Waals surface area contributed by atoms with E-state index in [1.165, 1.54) is 0 Å². The number of hydrogen-bond donors (Lipinski definition) is 2. The van der Waals surface area contributed by atoms with Crippen LogP contribution in [0.1, 0.15) is 12.5 Å². The second-order valence-electron chi connectivity index (χ2n) is 3.62. The Morgan fingerprint density at radius 2 is 2.29 bits per heavy atom. The molecule has 0 aromatic heterocycles. The smallest absolute Gasteiger partial charge is 0.237 e. The molecule has 5 heteroatoms. The third-order valence-corrected chi connectivity index (χ3v) is 2.63. The normalized spacial score (nSPS) is 12.0. The molecule has 0 fully saturated rings. The number of rotatable bonds is 5. The van der Waals surface area contributed by atoms with Crippen molar-refractivity contribution in [2.45, 2.75) is 19.4 Å². The fourth-order valence-electron chi connectivity index (χ4n) is 1.48. The van der Waals surface area contributed by atoms with Crippen molar-refractivity contribution in [1.82, 2.24) is 5.32 Å². The number of nitrogens with one attached hydrogen (secondary N) is 1. The molecule has 0 heterocycles. The van der Waals surface area contributed by atoms with Crippen molar-refractivity contribution in [3.63, 3.8) is 0 Å². The van der Waals surface area contributed by atoms with Gasteiger partial charge < -0.3 is 15.8 Å². The first kappa shape index (κ1) is 13.8. The number of ether oxygens (including phenoxy) is 1. The zero-order valence-corrected chi connectivity index (χ0v) is 10.8. The highest BCUT2D eigenvalue weighted by Crippen LogP contribution is 2.25. The van der Waals surface area contributed by atoms with Crippen LogP contribution in [0.25, 0.3) is 0 Å². The molecule has 0 spiro atoms. The van der Waals surface area contributed by atoms with E-state index in [1.54, 1.807) is 19.2 Å². The van der Waals surface area contributed by atoms with E-state index < -0.39 is 6.04 Å². The Labute approximate surface area is 106 Å². The van der Waals surface area contributed by atoms with E-state index in [9.17, 15) is 4.79 Å². The number of likely N-dealkylation sites (N-methyl/N-ethyl adjacent to an activating group) is 1. The third-order valence-electron chi connectivity index (χ3n) is 2.33. The van der Waals surface area contributed by atoms with Gasteiger partial charge in [0.05, 0.1) is 17.7 Å². The molecule has 1 atom stereocenters. The highest BCUT2D eigenvalue weighted by molar-refractivity contribution is 6.32. The van der Waals surface area contributed by atoms with Gasteiger partial charge in [-0.1, -0.05) is 17.7 Å². The summed E-state index contributed by atoms with van der Waals surface area (Å²) in [6, 6.07) is 4.86. The molecule has 0 aliphatic heterocycles. The largest absolute Gasteiger partial charge is 0.492 e. The first-order chi connectivity index (χ1) is 8.08. The van der Waals surface area contributed by atoms with Crippen molar-refractivity contribution < 1.29 is 9.53 Å². The standard InChI is InChI=1S/C12H17ClN2O2/c1-3-17-11-5-4-8(6-9(11)13)7-10(14)12(16)15-2/h4-6,10H,3,7,14H2,1-2H3,(H,15,16). The minimum absolute atomic E-state index is 0.185. The van der Waals surface area contributed by atoms with Crippen LogP contribution < -0.4 is 15.8 Å². The summed E-state index contributed by atoms with van der Waals surface area (Å²) < 4.78 is 5.32. The van der Waals surface area contributed by atoms with Gasteiger partial charge in [-0.05, 0) is 31.0 Å². The molecule has 4 nitrogen and oxygen atoms in total. The van der Waals surface area contributed by atoms with Gasteiger partial charge in [-0.2, -0.15) is 0 Å². The zero-order valence-electron chi connectivity index (χ0n) is 10.00. The predicted octanol–water partition coefficient (Wildman–Crippen LogP) is 1.35. The van der Waals surface area contributed by atoms with E-state index >= 15 is 0 Å². The molecule has 17 heavy (non-hydrogen) atoms. The van der Waals surface area contributed by atoms with E-state index in [2.05, 4.69) is 5.32 Å². The summed E-state index contributed by atoms with van der Waals surface area (Å²) in [6.45, 7) is 2.46. The van der Waals surface area contributed by atoms with Gasteiger partial charge in [0.25, 0.3) is 0 Å². The summed E-state index contributed by atoms with van der Waals surface area (Å²) in [5.41, 5.74) is 6.63. The Bertz CT molecular complexity index is 396. The summed E-state index contributed by atoms with van der Waals surface area (Å²) in [5, 5.41) is 3.05. The van der Waals surface area contributed by atoms with E-state index in [4.69, 9.17) is 22.1 Å². The van der Waals surface area contributed by atoms with E-state index in [0.717, 1.165) is 5.56 Å². The maximum atomic E-state index is 11.3. The molecule has 1 aromatic rings. The van der Waals surface area contributed by atoms with Gasteiger partial charge >= 0.3 is 0 Å². The Hall–Kier alpha value is -1.26. The molecule has 0 saturated carbocycles. The van der Waals surface area contributed by atoms with E-state index in [0.29, 0.717) is 23.8 Å². The summed E-state index contributed by atoms with van der Waals surface area (Å²) in [7, 11) is 1.56. The summed E-state index contributed by atoms with van der Waals surface area (Å²) in [6.07, 6.45) is 0.450. The SMILES string of the molecule is CCOc1ccc(CC(N)C(=O)NC)cc1Cl. The summed E-state index contributed by atoms with van der Waals surface area (Å²) in [5.74, 6) is 0.460. The van der Waals surface area contributed by atoms with Crippen LogP contribution in [0.2, 0.25) is 5.02 Å². The molecular formula is C12H17ClN2O2. The van der Waals surface area contributed by atoms with E-state index in [-0.39, 0.29) is 5.91 Å². The molecule has 0 aliphatic carbocycles. The van der Waals surface area contributed by atoms with E-state index in [1.807, 2.05) is 13.0 Å². The molecule has 0 radical (unpaired) electrons. The number of benzene rings is 1. The van der Waals surface area contributed by atoms with Crippen LogP contribution in [0.4, 0.5) is 0 Å². The van der Waals surface area contributed by atoms with Gasteiger partial charge in [0.15, 0.2) is 0 Å². The number of amides is 1. The molecular weight excluding hydrogens is 240 g/mol. The van der Waals surface area contributed by atoms with Crippen LogP contribution in [-0.2, 0) is 11.2 Å². The topological polar surface area (TPSA) is 64.3 Å². The second kappa shape index (κ2) is 6.47. The second-order valence-corrected chi connectivity index (χ2v) is 4.03. The Morgan fingerprint density at radius 3 is 2.82 bits per heavy atom. The van der Waals surface area contributed by atoms with Crippen LogP contribution in [-0.4, -0.2) is 25.6 Å². The lowest BCUT2D eigenvalue weighted by Gasteiger charge is -2.11. The molecule has 0 aliphatic rings. The van der Waals surface area contributed by atoms with Gasteiger partial charge in [0.2, 0.25) is 5.91 Å². The van der Waals surface area contributed by atoms with Gasteiger partial charge in [0, 0.05) is 7.05 Å². The Balaban J connectivity index is 2.73. The third kappa shape index (κ3) is 3.91. The van der Waals surface area contributed by atoms with Gasteiger partial charge in [0.1, 0.15) is 5.75 Å². The van der Waals surface area contributed by atoms with Crippen LogP contribution in [0.15, 0.2) is 18.2 Å². The molecule has 1 unspecified atom stereocenters. The molecule has 1 rings (SSSR count). The minimum atomic E-state index is -0.561. The van der Waals surface area contributed by atoms with Crippen LogP contribution in [0.3, 0.4) is 0 Å². The average molecular weight is 257 g/mol. The Kier molecular flexibility index (Phi) is 5.25. The van der Waals surface area contributed by atoms with Crippen molar-refractivity contribution in [2.24, 2.45) is 5.73 Å². The van der Waals surface area contributed by atoms with Crippen molar-refractivity contribution in [3.8, 4) is 5.75 Å². The first-order valence-electron chi connectivity index (χ1n) is 5.46. The van der Waals surface area contributed by atoms with Crippen LogP contribution in [0, 0.1) is 0 Å². The molecule has 0 saturated heterocycles. The molecule has 94 valence electrons. The summed E-state index contributed by atoms with van der Waals surface area (Å²) in [4.78, 5) is 11.3. The molecule has 1 amide bonds. The predicted molar refractivity (Wildman–Crippen MR) is 68.4 cm³/mol. The van der Waals surface area contributed by atoms with Gasteiger partial charge in [-0.3, -0.25) is 4.79 Å². The maximum Gasteiger partial charge on any atom is 0.237 e. The molecule has 3 N–H and O–H groups in total. The minimum Gasteiger partial charge on any atom is -0.492 e. The first-order valence-corrected chi connectivity index (χ1v) is 5.84. The van der Waals surface area contributed by atoms with Crippen LogP contribution in [0.5, 0.6) is 5.75 Å². The quantitative estimate of drug-likeness (QED) is 0.836. The number of carbonyl (C=O) groups excluding carboxylic acids is 1. The maximum absolute atomic E-state index is 11.3. The van der Waals surface area contributed by atoms with Crippen molar-refractivity contribution in [3.05, 3.63) is 28.8 Å². The molecule has 1 aromatic carbocycles. The lowest BCUT2D eigenvalue weighted by molar-refractivity contribution is -0.121. The number of hydrogen-bond acceptors (Lipinski definition) is 3. The fraction of sp³-hybridized carbons (Fsp3) is 0.417. The Morgan fingerprint density at radius 1 is 1.59 bits per heavy atom. The highest BCUT2D eigenvalue weighted by atomic mass is 35.5. The fourth-order valence-corrected chi connectivity index (χ4v) is 1.73. The van der Waals surface area contributed by atoms with Gasteiger partial charge in [-0.15, -0.1) is 0 Å². The number of carbonyl (C=O) groups is 1. The van der Waals surface area contributed by atoms with Crippen LogP contribution >= 0.6 is 11.6 Å². The average Bonchev–Trinajstić information content (AvgIpc) is 2.31. The number of halogens is 1. The monoisotopic (exact) mass is 256 g/mol. The van der Waals surface area contributed by atoms with Crippen molar-refractivity contribution in [1.29, 1.82) is 0 Å².